The van der Waals surface area contributed by atoms with Gasteiger partial charge in [0, 0.05) is 50.7 Å². The van der Waals surface area contributed by atoms with Gasteiger partial charge in [0.15, 0.2) is 0 Å². The lowest BCUT2D eigenvalue weighted by Crippen LogP contribution is -2.31. The van der Waals surface area contributed by atoms with E-state index in [1.165, 1.54) is 5.56 Å². The van der Waals surface area contributed by atoms with Crippen LogP contribution in [0.4, 0.5) is 32.0 Å². The maximum Gasteiger partial charge on any atom is 0.490 e. The van der Waals surface area contributed by atoms with Gasteiger partial charge in [-0.1, -0.05) is 24.3 Å². The summed E-state index contributed by atoms with van der Waals surface area (Å²) in [6.07, 6.45) is -5.55. The molecule has 11 nitrogen and oxygen atoms in total. The first kappa shape index (κ1) is 32.0. The molecule has 2 unspecified atom stereocenters. The summed E-state index contributed by atoms with van der Waals surface area (Å²) in [5, 5.41) is 25.7. The molecule has 2 aliphatic rings. The summed E-state index contributed by atoms with van der Waals surface area (Å²) in [5.41, 5.74) is 2.01. The monoisotopic (exact) mass is 602 g/mol. The highest BCUT2D eigenvalue weighted by Gasteiger charge is 2.40. The van der Waals surface area contributed by atoms with Gasteiger partial charge in [-0.3, -0.25) is 14.7 Å². The molecule has 42 heavy (non-hydrogen) atoms. The van der Waals surface area contributed by atoms with Crippen LogP contribution < -0.4 is 5.32 Å². The third-order valence-electron chi connectivity index (χ3n) is 6.19. The van der Waals surface area contributed by atoms with Crippen molar-refractivity contribution in [3.05, 3.63) is 72.1 Å². The number of nitrogens with zero attached hydrogens (tertiary/aromatic N) is 5. The van der Waals surface area contributed by atoms with Gasteiger partial charge in [0.05, 0.1) is 0 Å². The molecule has 3 aromatic rings. The van der Waals surface area contributed by atoms with Crippen molar-refractivity contribution in [2.24, 2.45) is 11.8 Å². The standard InChI is InChI=1S/C21H22N6O.2C2HF3O2/c28-21(23-18-6-2-1-3-7-18)20-25-24-19-9-16-12-26(13-17(16)14-27(19)20)11-15-5-4-8-22-10-15;2*3-2(4,5)1(6)7/h1-8,10,16-17H,9,11-14H2,(H,23,28);2*(H,6,7). The van der Waals surface area contributed by atoms with E-state index in [-0.39, 0.29) is 5.91 Å². The predicted octanol–water partition coefficient (Wildman–Crippen LogP) is 3.50. The molecule has 0 aliphatic carbocycles. The minimum atomic E-state index is -5.08. The number of aliphatic carboxylic acids is 2. The van der Waals surface area contributed by atoms with E-state index >= 15 is 0 Å². The average Bonchev–Trinajstić information content (AvgIpc) is 3.50. The number of halogens is 6. The first-order valence-corrected chi connectivity index (χ1v) is 12.1. The summed E-state index contributed by atoms with van der Waals surface area (Å²) in [4.78, 5) is 37.2. The number of hydrogen-bond acceptors (Lipinski definition) is 7. The molecular weight excluding hydrogens is 578 g/mol. The van der Waals surface area contributed by atoms with E-state index in [2.05, 4.69) is 31.5 Å². The lowest BCUT2D eigenvalue weighted by Gasteiger charge is -2.25. The molecule has 1 amide bonds. The van der Waals surface area contributed by atoms with Crippen molar-refractivity contribution in [3.8, 4) is 0 Å². The second-order valence-electron chi connectivity index (χ2n) is 9.26. The third-order valence-corrected chi connectivity index (χ3v) is 6.19. The molecule has 0 spiro atoms. The number of hydrogen-bond donors (Lipinski definition) is 3. The second kappa shape index (κ2) is 13.4. The number of carboxylic acids is 2. The van der Waals surface area contributed by atoms with Gasteiger partial charge >= 0.3 is 24.3 Å². The number of carbonyl (C=O) groups excluding carboxylic acids is 1. The van der Waals surface area contributed by atoms with Gasteiger partial charge in [-0.15, -0.1) is 10.2 Å². The molecule has 1 aromatic carbocycles. The van der Waals surface area contributed by atoms with E-state index in [0.717, 1.165) is 44.1 Å². The number of amides is 1. The Bertz CT molecular complexity index is 1340. The number of aromatic nitrogens is 4. The van der Waals surface area contributed by atoms with Crippen LogP contribution in [0.15, 0.2) is 54.9 Å². The van der Waals surface area contributed by atoms with Gasteiger partial charge in [0.25, 0.3) is 5.91 Å². The zero-order valence-corrected chi connectivity index (χ0v) is 21.5. The summed E-state index contributed by atoms with van der Waals surface area (Å²) in [5.74, 6) is -3.30. The Kier molecular flexibility index (Phi) is 10.2. The molecule has 3 N–H and O–H groups in total. The molecule has 17 heteroatoms. The smallest absolute Gasteiger partial charge is 0.475 e. The highest BCUT2D eigenvalue weighted by Crippen LogP contribution is 2.33. The van der Waals surface area contributed by atoms with Gasteiger partial charge in [-0.2, -0.15) is 26.3 Å². The molecule has 2 aromatic heterocycles. The zero-order chi connectivity index (χ0) is 31.1. The summed E-state index contributed by atoms with van der Waals surface area (Å²) in [6.45, 7) is 3.80. The Morgan fingerprint density at radius 2 is 1.45 bits per heavy atom. The minimum Gasteiger partial charge on any atom is -0.475 e. The SMILES string of the molecule is O=C(Nc1ccccc1)c1nnc2n1CC1CN(Cc3cccnc3)CC1C2.O=C(O)C(F)(F)F.O=C(O)C(F)(F)F. The van der Waals surface area contributed by atoms with Crippen molar-refractivity contribution in [1.29, 1.82) is 0 Å². The van der Waals surface area contributed by atoms with E-state index < -0.39 is 24.3 Å². The number of carbonyl (C=O) groups is 3. The van der Waals surface area contributed by atoms with Crippen LogP contribution in [0.5, 0.6) is 0 Å². The molecule has 226 valence electrons. The lowest BCUT2D eigenvalue weighted by molar-refractivity contribution is -0.193. The van der Waals surface area contributed by atoms with Gasteiger partial charge < -0.3 is 20.1 Å². The van der Waals surface area contributed by atoms with Crippen molar-refractivity contribution in [2.75, 3.05) is 18.4 Å². The van der Waals surface area contributed by atoms with E-state index in [1.807, 2.05) is 47.2 Å². The minimum absolute atomic E-state index is 0.200. The van der Waals surface area contributed by atoms with E-state index in [0.29, 0.717) is 17.7 Å². The lowest BCUT2D eigenvalue weighted by atomic mass is 9.89. The number of anilines is 1. The second-order valence-corrected chi connectivity index (χ2v) is 9.26. The summed E-state index contributed by atoms with van der Waals surface area (Å²) >= 11 is 0. The number of benzene rings is 1. The Morgan fingerprint density at radius 3 is 2.00 bits per heavy atom. The molecule has 4 heterocycles. The Balaban J connectivity index is 0.000000289. The van der Waals surface area contributed by atoms with Crippen molar-refractivity contribution in [1.82, 2.24) is 24.6 Å². The zero-order valence-electron chi connectivity index (χ0n) is 21.5. The van der Waals surface area contributed by atoms with Crippen molar-refractivity contribution in [2.45, 2.75) is 31.9 Å². The predicted molar refractivity (Wildman–Crippen MR) is 132 cm³/mol. The summed E-state index contributed by atoms with van der Waals surface area (Å²) in [6, 6.07) is 13.6. The van der Waals surface area contributed by atoms with Crippen molar-refractivity contribution >= 4 is 23.5 Å². The first-order valence-electron chi connectivity index (χ1n) is 12.1. The third kappa shape index (κ3) is 8.98. The summed E-state index contributed by atoms with van der Waals surface area (Å²) < 4.78 is 65.5. The molecule has 2 atom stereocenters. The molecule has 5 rings (SSSR count). The number of fused-ring (bicyclic) bond motifs is 2. The van der Waals surface area contributed by atoms with E-state index in [9.17, 15) is 31.1 Å². The Morgan fingerprint density at radius 1 is 0.857 bits per heavy atom. The fourth-order valence-corrected chi connectivity index (χ4v) is 4.38. The van der Waals surface area contributed by atoms with Crippen LogP contribution in [0.1, 0.15) is 22.0 Å². The Labute approximate surface area is 233 Å². The van der Waals surface area contributed by atoms with Gasteiger partial charge in [0.1, 0.15) is 5.82 Å². The number of alkyl halides is 6. The molecule has 0 saturated carbocycles. The van der Waals surface area contributed by atoms with Crippen LogP contribution >= 0.6 is 0 Å². The van der Waals surface area contributed by atoms with Gasteiger partial charge in [-0.25, -0.2) is 9.59 Å². The normalized spacial score (nSPS) is 17.9. The number of carboxylic acid groups (broad SMARTS) is 2. The molecule has 0 radical (unpaired) electrons. The molecule has 2 aliphatic heterocycles. The van der Waals surface area contributed by atoms with Gasteiger partial charge in [0.2, 0.25) is 5.82 Å². The van der Waals surface area contributed by atoms with Crippen molar-refractivity contribution < 1.29 is 50.9 Å². The van der Waals surface area contributed by atoms with Crippen LogP contribution in [-0.4, -0.2) is 78.1 Å². The van der Waals surface area contributed by atoms with Crippen LogP contribution in [0, 0.1) is 11.8 Å². The number of nitrogens with one attached hydrogen (secondary N) is 1. The highest BCUT2D eigenvalue weighted by atomic mass is 19.4. The van der Waals surface area contributed by atoms with Crippen molar-refractivity contribution in [3.63, 3.8) is 0 Å². The molecule has 1 saturated heterocycles. The number of likely N-dealkylation sites (tertiary alicyclic amines) is 1. The largest absolute Gasteiger partial charge is 0.490 e. The van der Waals surface area contributed by atoms with E-state index in [4.69, 9.17) is 19.8 Å². The van der Waals surface area contributed by atoms with Crippen LogP contribution in [0.3, 0.4) is 0 Å². The van der Waals surface area contributed by atoms with Crippen LogP contribution in [0.25, 0.3) is 0 Å². The quantitative estimate of drug-likeness (QED) is 0.382. The number of rotatable bonds is 4. The maximum absolute atomic E-state index is 12.7. The maximum atomic E-state index is 12.7. The van der Waals surface area contributed by atoms with Gasteiger partial charge in [-0.05, 0) is 35.6 Å². The fourth-order valence-electron chi connectivity index (χ4n) is 4.38. The summed E-state index contributed by atoms with van der Waals surface area (Å²) in [7, 11) is 0. The van der Waals surface area contributed by atoms with E-state index in [1.54, 1.807) is 6.20 Å². The molecule has 1 fully saturated rings. The fraction of sp³-hybridized carbons (Fsp3) is 0.360. The van der Waals surface area contributed by atoms with Crippen LogP contribution in [-0.2, 0) is 29.1 Å². The first-order chi connectivity index (χ1) is 19.6. The number of para-hydroxylation sites is 1. The molecular formula is C25H24F6N6O5. The van der Waals surface area contributed by atoms with Crippen LogP contribution in [0.2, 0.25) is 0 Å². The molecule has 0 bridgehead atoms. The number of pyridine rings is 1. The highest BCUT2D eigenvalue weighted by molar-refractivity contribution is 6.01. The topological polar surface area (TPSA) is 151 Å². The average molecular weight is 602 g/mol. The Hall–Kier alpha value is -4.54.